The lowest BCUT2D eigenvalue weighted by Gasteiger charge is -2.31. The van der Waals surface area contributed by atoms with Crippen LogP contribution in [0.1, 0.15) is 35.7 Å². The summed E-state index contributed by atoms with van der Waals surface area (Å²) in [7, 11) is 0. The van der Waals surface area contributed by atoms with E-state index in [1.165, 1.54) is 5.56 Å². The van der Waals surface area contributed by atoms with Crippen LogP contribution in [0, 0.1) is 5.92 Å². The Morgan fingerprint density at radius 2 is 2.07 bits per heavy atom. The largest absolute Gasteiger partial charge is 0.466 e. The van der Waals surface area contributed by atoms with Gasteiger partial charge in [0.2, 0.25) is 0 Å². The Bertz CT molecular complexity index is 765. The number of hydrogen-bond acceptors (Lipinski definition) is 5. The van der Waals surface area contributed by atoms with Crippen molar-refractivity contribution in [2.24, 2.45) is 5.92 Å². The van der Waals surface area contributed by atoms with E-state index in [2.05, 4.69) is 4.98 Å². The fourth-order valence-electron chi connectivity index (χ4n) is 3.14. The average molecular weight is 385 g/mol. The molecule has 0 spiro atoms. The number of ether oxygens (including phenoxy) is 1. The van der Waals surface area contributed by atoms with Gasteiger partial charge in [-0.25, -0.2) is 0 Å². The van der Waals surface area contributed by atoms with E-state index < -0.39 is 0 Å². The molecule has 0 bridgehead atoms. The quantitative estimate of drug-likeness (QED) is 0.560. The molecule has 2 heterocycles. The number of carbonyl (C=O) groups is 2. The summed E-state index contributed by atoms with van der Waals surface area (Å²) in [5.41, 5.74) is 1.83. The fraction of sp³-hybridized carbons (Fsp3) is 0.381. The van der Waals surface area contributed by atoms with Gasteiger partial charge in [-0.05, 0) is 55.7 Å². The van der Waals surface area contributed by atoms with Crippen LogP contribution in [0.15, 0.2) is 53.7 Å². The molecule has 2 aromatic rings. The van der Waals surface area contributed by atoms with Crippen molar-refractivity contribution in [2.75, 3.05) is 19.7 Å². The van der Waals surface area contributed by atoms with Crippen molar-refractivity contribution in [3.8, 4) is 0 Å². The number of hydrogen-bond donors (Lipinski definition) is 0. The third kappa shape index (κ3) is 5.32. The molecule has 5 nitrogen and oxygen atoms in total. The van der Waals surface area contributed by atoms with Crippen LogP contribution in [0.2, 0.25) is 0 Å². The number of rotatable bonds is 6. The van der Waals surface area contributed by atoms with Gasteiger partial charge in [-0.2, -0.15) is 0 Å². The SMILES string of the molecule is CCOC(=O)C1CCCN(C(=O)c2ccc(SCc3cccnc3)cc2)C1. The highest BCUT2D eigenvalue weighted by Crippen LogP contribution is 2.24. The van der Waals surface area contributed by atoms with Crippen molar-refractivity contribution in [1.29, 1.82) is 0 Å². The lowest BCUT2D eigenvalue weighted by atomic mass is 9.97. The molecule has 1 aliphatic rings. The van der Waals surface area contributed by atoms with E-state index in [1.807, 2.05) is 42.6 Å². The molecule has 1 aliphatic heterocycles. The number of thioether (sulfide) groups is 1. The van der Waals surface area contributed by atoms with Crippen LogP contribution in [0.3, 0.4) is 0 Å². The van der Waals surface area contributed by atoms with Gasteiger partial charge in [-0.15, -0.1) is 11.8 Å². The monoisotopic (exact) mass is 384 g/mol. The van der Waals surface area contributed by atoms with Crippen molar-refractivity contribution in [3.63, 3.8) is 0 Å². The first-order valence-corrected chi connectivity index (χ1v) is 10.2. The van der Waals surface area contributed by atoms with Crippen LogP contribution in [0.5, 0.6) is 0 Å². The molecule has 1 aromatic heterocycles. The number of piperidine rings is 1. The maximum atomic E-state index is 12.8. The van der Waals surface area contributed by atoms with E-state index in [9.17, 15) is 9.59 Å². The minimum atomic E-state index is -0.211. The Morgan fingerprint density at radius 1 is 1.26 bits per heavy atom. The highest BCUT2D eigenvalue weighted by Gasteiger charge is 2.29. The summed E-state index contributed by atoms with van der Waals surface area (Å²) >= 11 is 1.71. The van der Waals surface area contributed by atoms with Crippen molar-refractivity contribution in [1.82, 2.24) is 9.88 Å². The highest BCUT2D eigenvalue weighted by atomic mass is 32.2. The molecule has 1 atom stereocenters. The van der Waals surface area contributed by atoms with E-state index >= 15 is 0 Å². The Morgan fingerprint density at radius 3 is 2.78 bits per heavy atom. The second kappa shape index (κ2) is 9.55. The number of amides is 1. The molecule has 27 heavy (non-hydrogen) atoms. The molecular weight excluding hydrogens is 360 g/mol. The molecular formula is C21H24N2O3S. The first-order chi connectivity index (χ1) is 13.2. The summed E-state index contributed by atoms with van der Waals surface area (Å²) in [4.78, 5) is 31.7. The summed E-state index contributed by atoms with van der Waals surface area (Å²) in [6.45, 7) is 3.31. The highest BCUT2D eigenvalue weighted by molar-refractivity contribution is 7.98. The van der Waals surface area contributed by atoms with Crippen molar-refractivity contribution in [2.45, 2.75) is 30.4 Å². The molecule has 3 rings (SSSR count). The molecule has 0 N–H and O–H groups in total. The first kappa shape index (κ1) is 19.4. The Kier molecular flexibility index (Phi) is 6.87. The number of carbonyl (C=O) groups excluding carboxylic acids is 2. The summed E-state index contributed by atoms with van der Waals surface area (Å²) < 4.78 is 5.11. The van der Waals surface area contributed by atoms with Crippen molar-refractivity contribution >= 4 is 23.6 Å². The Balaban J connectivity index is 1.57. The maximum absolute atomic E-state index is 12.8. The van der Waals surface area contributed by atoms with Crippen molar-refractivity contribution in [3.05, 3.63) is 59.9 Å². The van der Waals surface area contributed by atoms with Crippen LogP contribution in [0.4, 0.5) is 0 Å². The number of benzene rings is 1. The molecule has 1 aromatic carbocycles. The van der Waals surface area contributed by atoms with Crippen LogP contribution in [-0.4, -0.2) is 41.5 Å². The van der Waals surface area contributed by atoms with E-state index in [1.54, 1.807) is 29.8 Å². The molecule has 1 saturated heterocycles. The number of nitrogens with zero attached hydrogens (tertiary/aromatic N) is 2. The van der Waals surface area contributed by atoms with Gasteiger partial charge in [0, 0.05) is 41.7 Å². The molecule has 6 heteroatoms. The van der Waals surface area contributed by atoms with Gasteiger partial charge < -0.3 is 9.64 Å². The lowest BCUT2D eigenvalue weighted by molar-refractivity contribution is -0.149. The zero-order chi connectivity index (χ0) is 19.1. The van der Waals surface area contributed by atoms with Crippen LogP contribution in [0.25, 0.3) is 0 Å². The molecule has 1 amide bonds. The third-order valence-electron chi connectivity index (χ3n) is 4.56. The first-order valence-electron chi connectivity index (χ1n) is 9.25. The molecule has 0 saturated carbocycles. The zero-order valence-electron chi connectivity index (χ0n) is 15.5. The standard InChI is InChI=1S/C21H24N2O3S/c1-2-26-21(25)18-6-4-12-23(14-18)20(24)17-7-9-19(10-8-17)27-15-16-5-3-11-22-13-16/h3,5,7-11,13,18H,2,4,6,12,14-15H2,1H3. The summed E-state index contributed by atoms with van der Waals surface area (Å²) in [5.74, 6) is 0.413. The zero-order valence-corrected chi connectivity index (χ0v) is 16.3. The van der Waals surface area contributed by atoms with Crippen LogP contribution >= 0.6 is 11.8 Å². The van der Waals surface area contributed by atoms with Crippen LogP contribution < -0.4 is 0 Å². The normalized spacial score (nSPS) is 16.8. The Hall–Kier alpha value is -2.34. The van der Waals surface area contributed by atoms with E-state index in [4.69, 9.17) is 4.74 Å². The smallest absolute Gasteiger partial charge is 0.310 e. The van der Waals surface area contributed by atoms with E-state index in [0.29, 0.717) is 25.3 Å². The minimum absolute atomic E-state index is 0.0205. The van der Waals surface area contributed by atoms with Crippen LogP contribution in [-0.2, 0) is 15.3 Å². The van der Waals surface area contributed by atoms with Gasteiger partial charge >= 0.3 is 5.97 Å². The fourth-order valence-corrected chi connectivity index (χ4v) is 3.97. The minimum Gasteiger partial charge on any atom is -0.466 e. The number of aromatic nitrogens is 1. The molecule has 0 aliphatic carbocycles. The van der Waals surface area contributed by atoms with Gasteiger partial charge in [-0.1, -0.05) is 6.07 Å². The predicted molar refractivity (Wildman–Crippen MR) is 106 cm³/mol. The maximum Gasteiger partial charge on any atom is 0.310 e. The molecule has 1 fully saturated rings. The summed E-state index contributed by atoms with van der Waals surface area (Å²) in [6.07, 6.45) is 5.24. The lowest BCUT2D eigenvalue weighted by Crippen LogP contribution is -2.42. The predicted octanol–water partition coefficient (Wildman–Crippen LogP) is 3.79. The second-order valence-electron chi connectivity index (χ2n) is 6.52. The van der Waals surface area contributed by atoms with E-state index in [0.717, 1.165) is 23.5 Å². The molecule has 142 valence electrons. The number of likely N-dealkylation sites (tertiary alicyclic amines) is 1. The number of pyridine rings is 1. The average Bonchev–Trinajstić information content (AvgIpc) is 2.73. The summed E-state index contributed by atoms with van der Waals surface area (Å²) in [6, 6.07) is 11.7. The van der Waals surface area contributed by atoms with Gasteiger partial charge in [-0.3, -0.25) is 14.6 Å². The van der Waals surface area contributed by atoms with Gasteiger partial charge in [0.25, 0.3) is 5.91 Å². The van der Waals surface area contributed by atoms with Gasteiger partial charge in [0.1, 0.15) is 0 Å². The topological polar surface area (TPSA) is 59.5 Å². The Labute approximate surface area is 164 Å². The third-order valence-corrected chi connectivity index (χ3v) is 5.64. The number of esters is 1. The van der Waals surface area contributed by atoms with Gasteiger partial charge in [0.15, 0.2) is 0 Å². The molecule has 0 radical (unpaired) electrons. The summed E-state index contributed by atoms with van der Waals surface area (Å²) in [5, 5.41) is 0. The molecule has 1 unspecified atom stereocenters. The van der Waals surface area contributed by atoms with Gasteiger partial charge in [0.05, 0.1) is 12.5 Å². The second-order valence-corrected chi connectivity index (χ2v) is 7.57. The van der Waals surface area contributed by atoms with E-state index in [-0.39, 0.29) is 17.8 Å². The van der Waals surface area contributed by atoms with Crippen molar-refractivity contribution < 1.29 is 14.3 Å².